The van der Waals surface area contributed by atoms with Gasteiger partial charge in [-0.15, -0.1) is 0 Å². The molecule has 0 saturated carbocycles. The Balaban J connectivity index is 1.76. The molecule has 1 N–H and O–H groups in total. The summed E-state index contributed by atoms with van der Waals surface area (Å²) in [6.07, 6.45) is 2.76. The maximum atomic E-state index is 12.1. The highest BCUT2D eigenvalue weighted by atomic mass is 16.5. The van der Waals surface area contributed by atoms with Gasteiger partial charge in [0, 0.05) is 47.0 Å². The number of amides is 1. The van der Waals surface area contributed by atoms with Crippen molar-refractivity contribution in [3.05, 3.63) is 23.9 Å². The van der Waals surface area contributed by atoms with Crippen LogP contribution in [0.15, 0.2) is 18.3 Å². The fourth-order valence-corrected chi connectivity index (χ4v) is 2.63. The van der Waals surface area contributed by atoms with Gasteiger partial charge in [0.1, 0.15) is 5.82 Å². The number of rotatable bonds is 7. The van der Waals surface area contributed by atoms with Crippen LogP contribution in [-0.2, 0) is 4.74 Å². The molecule has 1 fully saturated rings. The number of aromatic nitrogens is 1. The number of methoxy groups -OCH3 is 1. The average molecular weight is 306 g/mol. The predicted molar refractivity (Wildman–Crippen MR) is 87.3 cm³/mol. The molecule has 0 aromatic carbocycles. The highest BCUT2D eigenvalue weighted by molar-refractivity contribution is 5.94. The van der Waals surface area contributed by atoms with E-state index in [9.17, 15) is 4.79 Å². The highest BCUT2D eigenvalue weighted by Gasteiger charge is 2.22. The van der Waals surface area contributed by atoms with E-state index in [1.807, 2.05) is 31.1 Å². The van der Waals surface area contributed by atoms with E-state index in [0.29, 0.717) is 11.5 Å². The largest absolute Gasteiger partial charge is 0.383 e. The molecule has 0 bridgehead atoms. The lowest BCUT2D eigenvalue weighted by molar-refractivity contribution is 0.0946. The van der Waals surface area contributed by atoms with Crippen molar-refractivity contribution in [1.82, 2.24) is 15.2 Å². The van der Waals surface area contributed by atoms with Gasteiger partial charge in [-0.25, -0.2) is 4.98 Å². The number of hydrogen-bond acceptors (Lipinski definition) is 5. The van der Waals surface area contributed by atoms with E-state index in [2.05, 4.69) is 15.2 Å². The van der Waals surface area contributed by atoms with Crippen LogP contribution in [0.4, 0.5) is 5.82 Å². The summed E-state index contributed by atoms with van der Waals surface area (Å²) in [4.78, 5) is 20.7. The number of pyridine rings is 1. The van der Waals surface area contributed by atoms with Crippen LogP contribution in [0, 0.1) is 5.92 Å². The molecule has 1 aromatic heterocycles. The third kappa shape index (κ3) is 4.68. The fourth-order valence-electron chi connectivity index (χ4n) is 2.63. The minimum absolute atomic E-state index is 0.0480. The number of carbonyl (C=O) groups is 1. The number of anilines is 1. The topological polar surface area (TPSA) is 57.7 Å². The van der Waals surface area contributed by atoms with Crippen LogP contribution >= 0.6 is 0 Å². The molecule has 0 aliphatic carbocycles. The Bertz CT molecular complexity index is 476. The van der Waals surface area contributed by atoms with Crippen molar-refractivity contribution in [3.63, 3.8) is 0 Å². The number of nitrogens with one attached hydrogen (secondary N) is 1. The Hall–Kier alpha value is -1.66. The van der Waals surface area contributed by atoms with Gasteiger partial charge in [0.2, 0.25) is 0 Å². The lowest BCUT2D eigenvalue weighted by atomic mass is 10.1. The van der Waals surface area contributed by atoms with E-state index in [4.69, 9.17) is 4.74 Å². The zero-order chi connectivity index (χ0) is 15.9. The smallest absolute Gasteiger partial charge is 0.252 e. The Morgan fingerprint density at radius 1 is 1.50 bits per heavy atom. The van der Waals surface area contributed by atoms with Crippen molar-refractivity contribution < 1.29 is 9.53 Å². The first kappa shape index (κ1) is 16.7. The summed E-state index contributed by atoms with van der Waals surface area (Å²) in [5, 5.41) is 3.02. The molecule has 6 heteroatoms. The molecule has 1 aliphatic rings. The van der Waals surface area contributed by atoms with Gasteiger partial charge < -0.3 is 19.9 Å². The summed E-state index contributed by atoms with van der Waals surface area (Å²) < 4.78 is 5.10. The molecule has 1 unspecified atom stereocenters. The number of likely N-dealkylation sites (tertiary alicyclic amines) is 1. The van der Waals surface area contributed by atoms with E-state index >= 15 is 0 Å². The Morgan fingerprint density at radius 3 is 2.95 bits per heavy atom. The molecular weight excluding hydrogens is 280 g/mol. The Morgan fingerprint density at radius 2 is 2.32 bits per heavy atom. The van der Waals surface area contributed by atoms with Crippen molar-refractivity contribution in [2.24, 2.45) is 5.92 Å². The maximum absolute atomic E-state index is 12.1. The summed E-state index contributed by atoms with van der Waals surface area (Å²) in [7, 11) is 5.58. The van der Waals surface area contributed by atoms with Crippen LogP contribution in [0.1, 0.15) is 16.8 Å². The summed E-state index contributed by atoms with van der Waals surface area (Å²) in [5.74, 6) is 1.32. The van der Waals surface area contributed by atoms with E-state index in [-0.39, 0.29) is 5.91 Å². The minimum Gasteiger partial charge on any atom is -0.383 e. The molecule has 6 nitrogen and oxygen atoms in total. The number of hydrogen-bond donors (Lipinski definition) is 1. The Kier molecular flexibility index (Phi) is 6.15. The standard InChI is InChI=1S/C16H26N4O2/c1-19(2)15-5-4-14(11-17-15)16(21)18-10-13-6-7-20(12-13)8-9-22-3/h4-5,11,13H,6-10,12H2,1-3H3,(H,18,21). The van der Waals surface area contributed by atoms with E-state index < -0.39 is 0 Å². The van der Waals surface area contributed by atoms with Gasteiger partial charge in [-0.3, -0.25) is 4.79 Å². The Labute approximate surface area is 132 Å². The molecule has 0 spiro atoms. The molecule has 122 valence electrons. The SMILES string of the molecule is COCCN1CCC(CNC(=O)c2ccc(N(C)C)nc2)C1. The van der Waals surface area contributed by atoms with Crippen molar-refractivity contribution in [1.29, 1.82) is 0 Å². The summed E-state index contributed by atoms with van der Waals surface area (Å²) in [6, 6.07) is 3.67. The summed E-state index contributed by atoms with van der Waals surface area (Å²) in [5.41, 5.74) is 0.611. The molecule has 1 aromatic rings. The molecule has 2 rings (SSSR count). The average Bonchev–Trinajstić information content (AvgIpc) is 2.98. The molecule has 1 saturated heterocycles. The quantitative estimate of drug-likeness (QED) is 0.809. The van der Waals surface area contributed by atoms with Gasteiger partial charge in [-0.1, -0.05) is 0 Å². The first-order chi connectivity index (χ1) is 10.6. The van der Waals surface area contributed by atoms with Gasteiger partial charge in [0.25, 0.3) is 5.91 Å². The van der Waals surface area contributed by atoms with Crippen molar-refractivity contribution in [2.75, 3.05) is 58.9 Å². The lowest BCUT2D eigenvalue weighted by Gasteiger charge is -2.15. The van der Waals surface area contributed by atoms with Crippen LogP contribution in [0.2, 0.25) is 0 Å². The minimum atomic E-state index is -0.0480. The molecule has 22 heavy (non-hydrogen) atoms. The van der Waals surface area contributed by atoms with Gasteiger partial charge in [0.15, 0.2) is 0 Å². The van der Waals surface area contributed by atoms with Crippen LogP contribution < -0.4 is 10.2 Å². The number of ether oxygens (including phenoxy) is 1. The molecule has 0 radical (unpaired) electrons. The molecule has 1 amide bonds. The van der Waals surface area contributed by atoms with Gasteiger partial charge in [0.05, 0.1) is 12.2 Å². The van der Waals surface area contributed by atoms with Gasteiger partial charge in [-0.05, 0) is 31.0 Å². The molecule has 1 atom stereocenters. The third-order valence-electron chi connectivity index (χ3n) is 4.00. The number of nitrogens with zero attached hydrogens (tertiary/aromatic N) is 3. The second-order valence-electron chi connectivity index (χ2n) is 5.96. The molecular formula is C16H26N4O2. The third-order valence-corrected chi connectivity index (χ3v) is 4.00. The monoisotopic (exact) mass is 306 g/mol. The molecule has 2 heterocycles. The van der Waals surface area contributed by atoms with Crippen LogP contribution in [0.5, 0.6) is 0 Å². The maximum Gasteiger partial charge on any atom is 0.252 e. The first-order valence-electron chi connectivity index (χ1n) is 7.73. The predicted octanol–water partition coefficient (Wildman–Crippen LogP) is 0.846. The normalized spacial score (nSPS) is 18.4. The zero-order valence-corrected chi connectivity index (χ0v) is 13.7. The fraction of sp³-hybridized carbons (Fsp3) is 0.625. The van der Waals surface area contributed by atoms with Crippen LogP contribution in [0.3, 0.4) is 0 Å². The lowest BCUT2D eigenvalue weighted by Crippen LogP contribution is -2.31. The first-order valence-corrected chi connectivity index (χ1v) is 7.73. The van der Waals surface area contributed by atoms with E-state index in [0.717, 1.165) is 45.0 Å². The van der Waals surface area contributed by atoms with Crippen molar-refractivity contribution >= 4 is 11.7 Å². The van der Waals surface area contributed by atoms with Crippen molar-refractivity contribution in [2.45, 2.75) is 6.42 Å². The molecule has 1 aliphatic heterocycles. The van der Waals surface area contributed by atoms with Crippen LogP contribution in [0.25, 0.3) is 0 Å². The van der Waals surface area contributed by atoms with Crippen LogP contribution in [-0.4, -0.2) is 69.8 Å². The van der Waals surface area contributed by atoms with E-state index in [1.165, 1.54) is 0 Å². The van der Waals surface area contributed by atoms with Gasteiger partial charge in [-0.2, -0.15) is 0 Å². The second-order valence-corrected chi connectivity index (χ2v) is 5.96. The van der Waals surface area contributed by atoms with Gasteiger partial charge >= 0.3 is 0 Å². The summed E-state index contributed by atoms with van der Waals surface area (Å²) in [6.45, 7) is 4.57. The number of carbonyl (C=O) groups excluding carboxylic acids is 1. The second kappa shape index (κ2) is 8.10. The summed E-state index contributed by atoms with van der Waals surface area (Å²) >= 11 is 0. The highest BCUT2D eigenvalue weighted by Crippen LogP contribution is 2.15. The zero-order valence-electron chi connectivity index (χ0n) is 13.7. The van der Waals surface area contributed by atoms with Crippen molar-refractivity contribution in [3.8, 4) is 0 Å². The van der Waals surface area contributed by atoms with E-state index in [1.54, 1.807) is 13.3 Å².